The molecule has 1 aromatic carbocycles. The molecule has 1 aliphatic rings. The summed E-state index contributed by atoms with van der Waals surface area (Å²) in [6, 6.07) is 7.42. The summed E-state index contributed by atoms with van der Waals surface area (Å²) < 4.78 is 0. The first kappa shape index (κ1) is 11.2. The molecule has 1 aromatic heterocycles. The number of carbonyl (C=O) groups is 2. The van der Waals surface area contributed by atoms with Crippen molar-refractivity contribution in [1.82, 2.24) is 0 Å². The first-order valence-electron chi connectivity index (χ1n) is 5.65. The third kappa shape index (κ3) is 1.57. The highest BCUT2D eigenvalue weighted by Crippen LogP contribution is 2.33. The summed E-state index contributed by atoms with van der Waals surface area (Å²) in [6.45, 7) is 2.39. The number of benzene rings is 1. The Kier molecular flexibility index (Phi) is 2.52. The molecule has 4 heteroatoms. The minimum Gasteiger partial charge on any atom is -0.300 e. The zero-order valence-electron chi connectivity index (χ0n) is 9.84. The van der Waals surface area contributed by atoms with Crippen molar-refractivity contribution in [3.05, 3.63) is 51.7 Å². The van der Waals surface area contributed by atoms with Crippen LogP contribution in [-0.2, 0) is 11.3 Å². The van der Waals surface area contributed by atoms with Crippen LogP contribution >= 0.6 is 11.3 Å². The normalized spacial score (nSPS) is 14.2. The number of thiophene rings is 1. The lowest BCUT2D eigenvalue weighted by atomic mass is 10.1. The van der Waals surface area contributed by atoms with Gasteiger partial charge in [0.05, 0.1) is 17.8 Å². The molecule has 2 heterocycles. The van der Waals surface area contributed by atoms with E-state index in [9.17, 15) is 9.59 Å². The summed E-state index contributed by atoms with van der Waals surface area (Å²) in [6.07, 6.45) is 0. The van der Waals surface area contributed by atoms with Gasteiger partial charge < -0.3 is 4.90 Å². The van der Waals surface area contributed by atoms with E-state index in [1.165, 1.54) is 0 Å². The molecular formula is C14H11NO2S. The molecule has 3 nitrogen and oxygen atoms in total. The maximum absolute atomic E-state index is 12.0. The molecule has 0 spiro atoms. The van der Waals surface area contributed by atoms with E-state index in [0.29, 0.717) is 12.1 Å². The molecule has 0 atom stereocenters. The van der Waals surface area contributed by atoms with Crippen molar-refractivity contribution in [3.8, 4) is 0 Å². The van der Waals surface area contributed by atoms with Crippen LogP contribution in [0.2, 0.25) is 0 Å². The maximum Gasteiger partial charge on any atom is 0.299 e. The Hall–Kier alpha value is -1.94. The smallest absolute Gasteiger partial charge is 0.299 e. The summed E-state index contributed by atoms with van der Waals surface area (Å²) in [5.41, 5.74) is 3.30. The van der Waals surface area contributed by atoms with Gasteiger partial charge in [0, 0.05) is 0 Å². The van der Waals surface area contributed by atoms with Gasteiger partial charge in [-0.1, -0.05) is 12.1 Å². The second kappa shape index (κ2) is 4.07. The van der Waals surface area contributed by atoms with E-state index in [0.717, 1.165) is 16.8 Å². The van der Waals surface area contributed by atoms with Crippen molar-refractivity contribution < 1.29 is 9.59 Å². The molecule has 1 aliphatic heterocycles. The molecule has 0 fully saturated rings. The summed E-state index contributed by atoms with van der Waals surface area (Å²) in [5.74, 6) is -0.825. The minimum absolute atomic E-state index is 0.399. The highest BCUT2D eigenvalue weighted by Gasteiger charge is 2.36. The van der Waals surface area contributed by atoms with Gasteiger partial charge >= 0.3 is 0 Å². The Labute approximate surface area is 109 Å². The number of fused-ring (bicyclic) bond motifs is 1. The minimum atomic E-state index is -0.425. The van der Waals surface area contributed by atoms with Crippen molar-refractivity contribution in [2.24, 2.45) is 0 Å². The molecule has 1 amide bonds. The van der Waals surface area contributed by atoms with Crippen molar-refractivity contribution >= 4 is 28.7 Å². The van der Waals surface area contributed by atoms with Gasteiger partial charge in [-0.15, -0.1) is 0 Å². The van der Waals surface area contributed by atoms with E-state index in [1.54, 1.807) is 22.3 Å². The zero-order chi connectivity index (χ0) is 12.7. The second-order valence-corrected chi connectivity index (χ2v) is 5.10. The monoisotopic (exact) mass is 257 g/mol. The van der Waals surface area contributed by atoms with Crippen molar-refractivity contribution in [3.63, 3.8) is 0 Å². The summed E-state index contributed by atoms with van der Waals surface area (Å²) in [7, 11) is 0. The van der Waals surface area contributed by atoms with Gasteiger partial charge in [0.25, 0.3) is 11.7 Å². The topological polar surface area (TPSA) is 37.4 Å². The predicted octanol–water partition coefficient (Wildman–Crippen LogP) is 2.79. The molecule has 0 N–H and O–H groups in total. The van der Waals surface area contributed by atoms with Crippen LogP contribution in [0, 0.1) is 6.92 Å². The molecule has 0 saturated carbocycles. The van der Waals surface area contributed by atoms with Gasteiger partial charge in [0.2, 0.25) is 0 Å². The van der Waals surface area contributed by atoms with Gasteiger partial charge in [-0.05, 0) is 40.9 Å². The fraction of sp³-hybridized carbons (Fsp3) is 0.143. The van der Waals surface area contributed by atoms with E-state index in [4.69, 9.17) is 0 Å². The summed E-state index contributed by atoms with van der Waals surface area (Å²) >= 11 is 1.59. The number of hydrogen-bond acceptors (Lipinski definition) is 3. The quantitative estimate of drug-likeness (QED) is 0.776. The number of aryl methyl sites for hydroxylation is 1. The van der Waals surface area contributed by atoms with Gasteiger partial charge in [-0.25, -0.2) is 0 Å². The van der Waals surface area contributed by atoms with E-state index in [2.05, 4.69) is 0 Å². The number of hydrogen-bond donors (Lipinski definition) is 0. The Bertz CT molecular complexity index is 631. The van der Waals surface area contributed by atoms with Crippen molar-refractivity contribution in [2.45, 2.75) is 13.5 Å². The fourth-order valence-corrected chi connectivity index (χ4v) is 2.92. The highest BCUT2D eigenvalue weighted by molar-refractivity contribution is 7.07. The first-order valence-corrected chi connectivity index (χ1v) is 6.59. The van der Waals surface area contributed by atoms with Gasteiger partial charge in [0.1, 0.15) is 0 Å². The third-order valence-electron chi connectivity index (χ3n) is 3.11. The van der Waals surface area contributed by atoms with Crippen LogP contribution in [0.1, 0.15) is 21.5 Å². The zero-order valence-corrected chi connectivity index (χ0v) is 10.7. The number of para-hydroxylation sites is 1. The van der Waals surface area contributed by atoms with Gasteiger partial charge in [-0.3, -0.25) is 9.59 Å². The number of amides is 1. The predicted molar refractivity (Wildman–Crippen MR) is 71.0 cm³/mol. The van der Waals surface area contributed by atoms with Crippen molar-refractivity contribution in [2.75, 3.05) is 4.90 Å². The molecule has 2 aromatic rings. The van der Waals surface area contributed by atoms with E-state index < -0.39 is 11.7 Å². The summed E-state index contributed by atoms with van der Waals surface area (Å²) in [4.78, 5) is 25.5. The molecule has 0 unspecified atom stereocenters. The average Bonchev–Trinajstić information content (AvgIpc) is 2.94. The molecule has 0 aliphatic carbocycles. The van der Waals surface area contributed by atoms with Crippen LogP contribution in [0.15, 0.2) is 35.0 Å². The lowest BCUT2D eigenvalue weighted by Gasteiger charge is -2.17. The molecular weight excluding hydrogens is 246 g/mol. The molecule has 90 valence electrons. The van der Waals surface area contributed by atoms with E-state index in [1.807, 2.05) is 35.9 Å². The number of rotatable bonds is 2. The SMILES string of the molecule is Cc1cccc2c1N(Cc1ccsc1)C(=O)C2=O. The van der Waals surface area contributed by atoms with Crippen LogP contribution in [0.5, 0.6) is 0 Å². The fourth-order valence-electron chi connectivity index (χ4n) is 2.26. The number of ketones is 1. The van der Waals surface area contributed by atoms with Crippen LogP contribution in [0.3, 0.4) is 0 Å². The largest absolute Gasteiger partial charge is 0.300 e. The van der Waals surface area contributed by atoms with Crippen LogP contribution in [0.25, 0.3) is 0 Å². The van der Waals surface area contributed by atoms with Crippen molar-refractivity contribution in [1.29, 1.82) is 0 Å². The third-order valence-corrected chi connectivity index (χ3v) is 3.84. The highest BCUT2D eigenvalue weighted by atomic mass is 32.1. The Morgan fingerprint density at radius 2 is 2.06 bits per heavy atom. The van der Waals surface area contributed by atoms with Gasteiger partial charge in [-0.2, -0.15) is 11.3 Å². The number of carbonyl (C=O) groups excluding carboxylic acids is 2. The number of nitrogens with zero attached hydrogens (tertiary/aromatic N) is 1. The lowest BCUT2D eigenvalue weighted by Crippen LogP contribution is -2.29. The molecule has 0 bridgehead atoms. The van der Waals surface area contributed by atoms with Crippen LogP contribution < -0.4 is 4.90 Å². The average molecular weight is 257 g/mol. The molecule has 3 rings (SSSR count). The second-order valence-electron chi connectivity index (χ2n) is 4.32. The Balaban J connectivity index is 2.07. The van der Waals surface area contributed by atoms with E-state index in [-0.39, 0.29) is 0 Å². The first-order chi connectivity index (χ1) is 8.68. The van der Waals surface area contributed by atoms with Crippen LogP contribution in [0.4, 0.5) is 5.69 Å². The Morgan fingerprint density at radius 3 is 2.78 bits per heavy atom. The van der Waals surface area contributed by atoms with Crippen LogP contribution in [-0.4, -0.2) is 11.7 Å². The Morgan fingerprint density at radius 1 is 1.22 bits per heavy atom. The molecule has 18 heavy (non-hydrogen) atoms. The standard InChI is InChI=1S/C14H11NO2S/c1-9-3-2-4-11-12(9)15(14(17)13(11)16)7-10-5-6-18-8-10/h2-6,8H,7H2,1H3. The molecule has 0 radical (unpaired) electrons. The number of Topliss-reactive ketones (excluding diaryl/α,β-unsaturated/α-hetero) is 1. The van der Waals surface area contributed by atoms with Gasteiger partial charge in [0.15, 0.2) is 0 Å². The maximum atomic E-state index is 12.0. The molecule has 0 saturated heterocycles. The lowest BCUT2D eigenvalue weighted by molar-refractivity contribution is -0.114. The van der Waals surface area contributed by atoms with E-state index >= 15 is 0 Å². The summed E-state index contributed by atoms with van der Waals surface area (Å²) in [5, 5.41) is 3.96. The number of anilines is 1.